The fourth-order valence-corrected chi connectivity index (χ4v) is 3.61. The van der Waals surface area contributed by atoms with Gasteiger partial charge >= 0.3 is 0 Å². The Hall–Kier alpha value is -2.96. The van der Waals surface area contributed by atoms with E-state index in [4.69, 9.17) is 0 Å². The number of H-pyrrole nitrogens is 1. The predicted molar refractivity (Wildman–Crippen MR) is 111 cm³/mol. The maximum Gasteiger partial charge on any atom is 0.224 e. The first kappa shape index (κ1) is 18.4. The fourth-order valence-electron chi connectivity index (χ4n) is 3.61. The molecule has 0 unspecified atom stereocenters. The Morgan fingerprint density at radius 1 is 1.21 bits per heavy atom. The molecule has 3 aromatic heterocycles. The van der Waals surface area contributed by atoms with Crippen molar-refractivity contribution in [1.29, 1.82) is 0 Å². The molecule has 3 heterocycles. The zero-order valence-corrected chi connectivity index (χ0v) is 16.8. The highest BCUT2D eigenvalue weighted by molar-refractivity contribution is 5.96. The SMILES string of the molecule is CC[C@H](C)Nc1ncc2c(-c3cc(F)c4nc(C)n(C(C)C)c4c3)c[nH]c2n1. The third-order valence-corrected chi connectivity index (χ3v) is 5.17. The van der Waals surface area contributed by atoms with Crippen molar-refractivity contribution in [2.24, 2.45) is 0 Å². The number of hydrogen-bond donors (Lipinski definition) is 2. The van der Waals surface area contributed by atoms with Crippen LogP contribution in [0.25, 0.3) is 33.2 Å². The number of aryl methyl sites for hydroxylation is 1. The Morgan fingerprint density at radius 2 is 2.00 bits per heavy atom. The summed E-state index contributed by atoms with van der Waals surface area (Å²) in [7, 11) is 0. The van der Waals surface area contributed by atoms with Crippen LogP contribution in [0.1, 0.15) is 46.0 Å². The number of rotatable bonds is 5. The second kappa shape index (κ2) is 6.89. The van der Waals surface area contributed by atoms with Gasteiger partial charge in [0, 0.05) is 35.4 Å². The summed E-state index contributed by atoms with van der Waals surface area (Å²) in [6.07, 6.45) is 4.63. The predicted octanol–water partition coefficient (Wildman–Crippen LogP) is 5.21. The Kier molecular flexibility index (Phi) is 4.53. The lowest BCUT2D eigenvalue weighted by Gasteiger charge is -2.12. The third-order valence-electron chi connectivity index (χ3n) is 5.17. The number of aromatic amines is 1. The zero-order valence-electron chi connectivity index (χ0n) is 16.8. The molecule has 4 rings (SSSR count). The first-order chi connectivity index (χ1) is 13.4. The van der Waals surface area contributed by atoms with Gasteiger partial charge in [-0.2, -0.15) is 4.98 Å². The molecule has 0 aliphatic rings. The number of aromatic nitrogens is 5. The lowest BCUT2D eigenvalue weighted by molar-refractivity contribution is 0.600. The smallest absolute Gasteiger partial charge is 0.224 e. The first-order valence-corrected chi connectivity index (χ1v) is 9.68. The average molecular weight is 380 g/mol. The van der Waals surface area contributed by atoms with E-state index >= 15 is 0 Å². The van der Waals surface area contributed by atoms with E-state index in [0.29, 0.717) is 17.5 Å². The van der Waals surface area contributed by atoms with Crippen LogP contribution >= 0.6 is 0 Å². The van der Waals surface area contributed by atoms with Crippen LogP contribution in [0, 0.1) is 12.7 Å². The molecule has 0 radical (unpaired) electrons. The number of hydrogen-bond acceptors (Lipinski definition) is 4. The van der Waals surface area contributed by atoms with Crippen molar-refractivity contribution in [3.63, 3.8) is 0 Å². The lowest BCUT2D eigenvalue weighted by Crippen LogP contribution is -2.15. The van der Waals surface area contributed by atoms with E-state index < -0.39 is 0 Å². The van der Waals surface area contributed by atoms with Gasteiger partial charge in [0.15, 0.2) is 5.82 Å². The molecule has 1 aromatic carbocycles. The summed E-state index contributed by atoms with van der Waals surface area (Å²) in [5, 5.41) is 4.14. The Balaban J connectivity index is 1.83. The summed E-state index contributed by atoms with van der Waals surface area (Å²) in [6, 6.07) is 4.02. The van der Waals surface area contributed by atoms with Gasteiger partial charge in [0.25, 0.3) is 0 Å². The fraction of sp³-hybridized carbons (Fsp3) is 0.381. The van der Waals surface area contributed by atoms with Gasteiger partial charge in [-0.3, -0.25) is 0 Å². The minimum absolute atomic E-state index is 0.195. The van der Waals surface area contributed by atoms with Gasteiger partial charge in [0.2, 0.25) is 5.95 Å². The van der Waals surface area contributed by atoms with Crippen LogP contribution in [-0.4, -0.2) is 30.5 Å². The van der Waals surface area contributed by atoms with Gasteiger partial charge in [-0.25, -0.2) is 14.4 Å². The summed E-state index contributed by atoms with van der Waals surface area (Å²) < 4.78 is 16.9. The molecule has 0 saturated carbocycles. The molecule has 0 saturated heterocycles. The van der Waals surface area contributed by atoms with Crippen LogP contribution in [-0.2, 0) is 0 Å². The molecule has 0 bridgehead atoms. The molecule has 0 aliphatic heterocycles. The molecule has 0 fully saturated rings. The summed E-state index contributed by atoms with van der Waals surface area (Å²) in [6.45, 7) is 10.3. The molecule has 2 N–H and O–H groups in total. The zero-order chi connectivity index (χ0) is 20.0. The normalized spacial score (nSPS) is 13.0. The van der Waals surface area contributed by atoms with Crippen molar-refractivity contribution in [2.45, 2.75) is 53.1 Å². The second-order valence-electron chi connectivity index (χ2n) is 7.56. The number of imidazole rings is 1. The Morgan fingerprint density at radius 3 is 2.71 bits per heavy atom. The highest BCUT2D eigenvalue weighted by Crippen LogP contribution is 2.33. The summed E-state index contributed by atoms with van der Waals surface area (Å²) in [4.78, 5) is 16.6. The minimum Gasteiger partial charge on any atom is -0.352 e. The van der Waals surface area contributed by atoms with Crippen molar-refractivity contribution >= 4 is 28.0 Å². The molecule has 6 nitrogen and oxygen atoms in total. The minimum atomic E-state index is -0.319. The molecule has 0 spiro atoms. The van der Waals surface area contributed by atoms with Gasteiger partial charge in [-0.1, -0.05) is 6.92 Å². The summed E-state index contributed by atoms with van der Waals surface area (Å²) >= 11 is 0. The number of nitrogens with zero attached hydrogens (tertiary/aromatic N) is 4. The Labute approximate surface area is 163 Å². The van der Waals surface area contributed by atoms with E-state index in [9.17, 15) is 4.39 Å². The van der Waals surface area contributed by atoms with Crippen LogP contribution in [0.2, 0.25) is 0 Å². The molecule has 1 atom stereocenters. The van der Waals surface area contributed by atoms with Gasteiger partial charge in [-0.15, -0.1) is 0 Å². The topological polar surface area (TPSA) is 71.4 Å². The van der Waals surface area contributed by atoms with Crippen LogP contribution in [0.3, 0.4) is 0 Å². The van der Waals surface area contributed by atoms with Gasteiger partial charge in [-0.05, 0) is 51.8 Å². The van der Waals surface area contributed by atoms with Crippen LogP contribution < -0.4 is 5.32 Å². The van der Waals surface area contributed by atoms with E-state index in [2.05, 4.69) is 57.5 Å². The first-order valence-electron chi connectivity index (χ1n) is 9.68. The Bertz CT molecular complexity index is 1160. The van der Waals surface area contributed by atoms with Crippen molar-refractivity contribution in [3.8, 4) is 11.1 Å². The van der Waals surface area contributed by atoms with E-state index in [1.165, 1.54) is 6.07 Å². The lowest BCUT2D eigenvalue weighted by atomic mass is 10.1. The van der Waals surface area contributed by atoms with Gasteiger partial charge in [0.05, 0.1) is 5.52 Å². The maximum absolute atomic E-state index is 14.8. The highest BCUT2D eigenvalue weighted by Gasteiger charge is 2.17. The number of nitrogens with one attached hydrogen (secondary N) is 2. The summed E-state index contributed by atoms with van der Waals surface area (Å²) in [5.41, 5.74) is 3.59. The molecule has 0 aliphatic carbocycles. The molecule has 146 valence electrons. The van der Waals surface area contributed by atoms with Crippen molar-refractivity contribution in [3.05, 3.63) is 36.2 Å². The van der Waals surface area contributed by atoms with Crippen LogP contribution in [0.15, 0.2) is 24.5 Å². The molecule has 7 heteroatoms. The number of anilines is 1. The van der Waals surface area contributed by atoms with E-state index in [-0.39, 0.29) is 11.9 Å². The summed E-state index contributed by atoms with van der Waals surface area (Å²) in [5.74, 6) is 1.08. The largest absolute Gasteiger partial charge is 0.352 e. The number of benzene rings is 1. The molecule has 0 amide bonds. The third kappa shape index (κ3) is 3.00. The molecular weight excluding hydrogens is 355 g/mol. The van der Waals surface area contributed by atoms with E-state index in [1.807, 2.05) is 19.2 Å². The molecular formula is C21H25FN6. The number of halogens is 1. The van der Waals surface area contributed by atoms with Crippen molar-refractivity contribution in [1.82, 2.24) is 24.5 Å². The van der Waals surface area contributed by atoms with Crippen molar-refractivity contribution < 1.29 is 4.39 Å². The highest BCUT2D eigenvalue weighted by atomic mass is 19.1. The van der Waals surface area contributed by atoms with Crippen molar-refractivity contribution in [2.75, 3.05) is 5.32 Å². The molecule has 28 heavy (non-hydrogen) atoms. The van der Waals surface area contributed by atoms with Crippen LogP contribution in [0.4, 0.5) is 10.3 Å². The number of fused-ring (bicyclic) bond motifs is 2. The second-order valence-corrected chi connectivity index (χ2v) is 7.56. The molecule has 4 aromatic rings. The van der Waals surface area contributed by atoms with E-state index in [0.717, 1.165) is 39.9 Å². The average Bonchev–Trinajstić information content (AvgIpc) is 3.21. The standard InChI is InChI=1S/C21H25FN6/c1-6-12(4)25-21-24-10-16-15(9-23-20(16)27-21)14-7-17(22)19-18(8-14)28(11(2)3)13(5)26-19/h7-12H,6H2,1-5H3,(H2,23,24,25,27)/t12-/m0/s1. The van der Waals surface area contributed by atoms with Gasteiger partial charge < -0.3 is 14.9 Å². The monoisotopic (exact) mass is 380 g/mol. The quantitative estimate of drug-likeness (QED) is 0.498. The maximum atomic E-state index is 14.8. The van der Waals surface area contributed by atoms with Gasteiger partial charge in [0.1, 0.15) is 17.0 Å². The van der Waals surface area contributed by atoms with E-state index in [1.54, 1.807) is 6.20 Å². The van der Waals surface area contributed by atoms with Crippen LogP contribution in [0.5, 0.6) is 0 Å².